The Morgan fingerprint density at radius 3 is 2.88 bits per heavy atom. The van der Waals surface area contributed by atoms with Crippen LogP contribution in [0.3, 0.4) is 0 Å². The summed E-state index contributed by atoms with van der Waals surface area (Å²) in [4.78, 5) is 12.1. The minimum absolute atomic E-state index is 0.0790. The number of likely N-dealkylation sites (tertiary alicyclic amines) is 1. The Balaban J connectivity index is 2.15. The number of nitrogens with one attached hydrogen (secondary N) is 2. The third-order valence-corrected chi connectivity index (χ3v) is 5.57. The average Bonchev–Trinajstić information content (AvgIpc) is 2.94. The van der Waals surface area contributed by atoms with Crippen LogP contribution >= 0.6 is 11.6 Å². The molecule has 2 amide bonds. The van der Waals surface area contributed by atoms with Crippen LogP contribution in [-0.4, -0.2) is 51.6 Å². The molecule has 25 heavy (non-hydrogen) atoms. The quantitative estimate of drug-likeness (QED) is 0.597. The van der Waals surface area contributed by atoms with Crippen molar-refractivity contribution in [2.24, 2.45) is 5.73 Å². The maximum atomic E-state index is 12.6. The number of sulfonamides is 1. The predicted octanol–water partition coefficient (Wildman–Crippen LogP) is 0.219. The first-order chi connectivity index (χ1) is 11.8. The van der Waals surface area contributed by atoms with Crippen LogP contribution in [0.2, 0.25) is 5.02 Å². The van der Waals surface area contributed by atoms with Gasteiger partial charge in [-0.1, -0.05) is 11.6 Å². The SMILES string of the molecule is COc1ccc(Cl)cc1S(=O)(=O)NC1CC(CNC(N)=O)N(C#N)C1. The number of methoxy groups -OCH3 is 1. The van der Waals surface area contributed by atoms with E-state index in [1.54, 1.807) is 0 Å². The fraction of sp³-hybridized carbons (Fsp3) is 0.429. The van der Waals surface area contributed by atoms with Gasteiger partial charge in [-0.05, 0) is 24.6 Å². The van der Waals surface area contributed by atoms with E-state index in [-0.39, 0.29) is 34.8 Å². The highest BCUT2D eigenvalue weighted by Crippen LogP contribution is 2.28. The highest BCUT2D eigenvalue weighted by molar-refractivity contribution is 7.89. The van der Waals surface area contributed by atoms with Gasteiger partial charge in [-0.25, -0.2) is 17.9 Å². The Labute approximate surface area is 150 Å². The van der Waals surface area contributed by atoms with E-state index >= 15 is 0 Å². The number of hydrogen-bond acceptors (Lipinski definition) is 6. The monoisotopic (exact) mass is 387 g/mol. The topological polar surface area (TPSA) is 138 Å². The van der Waals surface area contributed by atoms with Gasteiger partial charge in [0.2, 0.25) is 10.0 Å². The lowest BCUT2D eigenvalue weighted by molar-refractivity contribution is 0.245. The number of nitriles is 1. The van der Waals surface area contributed by atoms with E-state index < -0.39 is 22.1 Å². The first-order valence-corrected chi connectivity index (χ1v) is 9.18. The molecule has 1 aromatic carbocycles. The van der Waals surface area contributed by atoms with Crippen molar-refractivity contribution in [2.45, 2.75) is 23.4 Å². The van der Waals surface area contributed by atoms with Gasteiger partial charge in [-0.15, -0.1) is 0 Å². The van der Waals surface area contributed by atoms with Gasteiger partial charge in [0, 0.05) is 24.2 Å². The number of primary amides is 1. The van der Waals surface area contributed by atoms with E-state index in [1.807, 2.05) is 6.19 Å². The lowest BCUT2D eigenvalue weighted by Crippen LogP contribution is -2.40. The van der Waals surface area contributed by atoms with Crippen molar-refractivity contribution in [3.05, 3.63) is 23.2 Å². The molecule has 1 fully saturated rings. The summed E-state index contributed by atoms with van der Waals surface area (Å²) in [5, 5.41) is 11.9. The molecule has 2 atom stereocenters. The van der Waals surface area contributed by atoms with Gasteiger partial charge < -0.3 is 20.7 Å². The van der Waals surface area contributed by atoms with Crippen LogP contribution < -0.4 is 20.5 Å². The molecule has 11 heteroatoms. The summed E-state index contributed by atoms with van der Waals surface area (Å²) in [5.41, 5.74) is 5.03. The molecule has 0 aliphatic carbocycles. The zero-order valence-electron chi connectivity index (χ0n) is 13.4. The van der Waals surface area contributed by atoms with Crippen LogP contribution in [0.4, 0.5) is 4.79 Å². The van der Waals surface area contributed by atoms with Crippen LogP contribution in [0.25, 0.3) is 0 Å². The maximum Gasteiger partial charge on any atom is 0.312 e. The molecule has 4 N–H and O–H groups in total. The number of urea groups is 1. The zero-order chi connectivity index (χ0) is 18.6. The average molecular weight is 388 g/mol. The Hall–Kier alpha value is -2.22. The molecule has 0 saturated carbocycles. The highest BCUT2D eigenvalue weighted by Gasteiger charge is 2.35. The maximum absolute atomic E-state index is 12.6. The van der Waals surface area contributed by atoms with E-state index in [2.05, 4.69) is 10.0 Å². The summed E-state index contributed by atoms with van der Waals surface area (Å²) < 4.78 is 32.9. The molecule has 0 radical (unpaired) electrons. The molecule has 1 aromatic rings. The van der Waals surface area contributed by atoms with E-state index in [0.717, 1.165) is 0 Å². The second-order valence-corrected chi connectivity index (χ2v) is 7.62. The second-order valence-electron chi connectivity index (χ2n) is 5.50. The van der Waals surface area contributed by atoms with Crippen molar-refractivity contribution < 1.29 is 17.9 Å². The van der Waals surface area contributed by atoms with Crippen LogP contribution in [0.1, 0.15) is 6.42 Å². The molecular formula is C14H18ClN5O4S. The van der Waals surface area contributed by atoms with Gasteiger partial charge in [0.25, 0.3) is 0 Å². The van der Waals surface area contributed by atoms with Crippen molar-refractivity contribution >= 4 is 27.7 Å². The Kier molecular flexibility index (Phi) is 5.94. The van der Waals surface area contributed by atoms with Crippen LogP contribution in [0, 0.1) is 11.5 Å². The van der Waals surface area contributed by atoms with Crippen molar-refractivity contribution in [3.8, 4) is 11.9 Å². The summed E-state index contributed by atoms with van der Waals surface area (Å²) in [6.07, 6.45) is 2.33. The number of carbonyl (C=O) groups excluding carboxylic acids is 1. The molecule has 1 saturated heterocycles. The van der Waals surface area contributed by atoms with Gasteiger partial charge in [0.05, 0.1) is 13.2 Å². The highest BCUT2D eigenvalue weighted by atomic mass is 35.5. The first kappa shape index (κ1) is 19.1. The molecule has 136 valence electrons. The molecule has 2 unspecified atom stereocenters. The number of amides is 2. The lowest BCUT2D eigenvalue weighted by Gasteiger charge is -2.17. The summed E-state index contributed by atoms with van der Waals surface area (Å²) in [7, 11) is -2.54. The van der Waals surface area contributed by atoms with E-state index in [1.165, 1.54) is 30.2 Å². The van der Waals surface area contributed by atoms with Crippen molar-refractivity contribution in [3.63, 3.8) is 0 Å². The lowest BCUT2D eigenvalue weighted by atomic mass is 10.2. The number of ether oxygens (including phenoxy) is 1. The first-order valence-electron chi connectivity index (χ1n) is 7.32. The van der Waals surface area contributed by atoms with E-state index in [0.29, 0.717) is 6.42 Å². The number of benzene rings is 1. The normalized spacial score (nSPS) is 20.1. The van der Waals surface area contributed by atoms with E-state index in [4.69, 9.17) is 22.1 Å². The summed E-state index contributed by atoms with van der Waals surface area (Å²) in [6.45, 7) is 0.339. The molecule has 1 aliphatic rings. The molecule has 1 heterocycles. The number of carbonyl (C=O) groups is 1. The number of nitrogens with two attached hydrogens (primary N) is 1. The number of hydrogen-bond donors (Lipinski definition) is 3. The Morgan fingerprint density at radius 1 is 1.56 bits per heavy atom. The van der Waals surface area contributed by atoms with Crippen LogP contribution in [0.15, 0.2) is 23.1 Å². The Bertz CT molecular complexity index is 795. The predicted molar refractivity (Wildman–Crippen MR) is 90.4 cm³/mol. The minimum Gasteiger partial charge on any atom is -0.495 e. The van der Waals surface area contributed by atoms with Crippen molar-refractivity contribution in [1.82, 2.24) is 14.9 Å². The summed E-state index contributed by atoms with van der Waals surface area (Å²) >= 11 is 5.89. The fourth-order valence-electron chi connectivity index (χ4n) is 2.68. The second kappa shape index (κ2) is 7.77. The van der Waals surface area contributed by atoms with Crippen molar-refractivity contribution in [1.29, 1.82) is 5.26 Å². The third kappa shape index (κ3) is 4.66. The molecule has 0 aromatic heterocycles. The molecular weight excluding hydrogens is 370 g/mol. The largest absolute Gasteiger partial charge is 0.495 e. The summed E-state index contributed by atoms with van der Waals surface area (Å²) in [6, 6.07) is 2.74. The van der Waals surface area contributed by atoms with Gasteiger partial charge in [0.15, 0.2) is 6.19 Å². The number of nitrogens with zero attached hydrogens (tertiary/aromatic N) is 2. The molecule has 2 rings (SSSR count). The molecule has 9 nitrogen and oxygen atoms in total. The standard InChI is InChI=1S/C14H18ClN5O4S/c1-24-12-3-2-9(15)4-13(12)25(22,23)19-10-5-11(6-18-14(17)21)20(7-10)8-16/h2-4,10-11,19H,5-7H2,1H3,(H3,17,18,21). The van der Waals surface area contributed by atoms with Gasteiger partial charge >= 0.3 is 6.03 Å². The van der Waals surface area contributed by atoms with Gasteiger partial charge in [-0.3, -0.25) is 0 Å². The number of halogens is 1. The third-order valence-electron chi connectivity index (χ3n) is 3.79. The molecule has 1 aliphatic heterocycles. The summed E-state index contributed by atoms with van der Waals surface area (Å²) in [5.74, 6) is 0.166. The smallest absolute Gasteiger partial charge is 0.312 e. The van der Waals surface area contributed by atoms with Gasteiger partial charge in [0.1, 0.15) is 10.6 Å². The van der Waals surface area contributed by atoms with Gasteiger partial charge in [-0.2, -0.15) is 5.26 Å². The molecule has 0 bridgehead atoms. The van der Waals surface area contributed by atoms with Crippen LogP contribution in [0.5, 0.6) is 5.75 Å². The Morgan fingerprint density at radius 2 is 2.28 bits per heavy atom. The minimum atomic E-state index is -3.90. The van der Waals surface area contributed by atoms with Crippen LogP contribution in [-0.2, 0) is 10.0 Å². The number of rotatable bonds is 6. The molecule has 0 spiro atoms. The fourth-order valence-corrected chi connectivity index (χ4v) is 4.35. The van der Waals surface area contributed by atoms with E-state index in [9.17, 15) is 18.5 Å². The van der Waals surface area contributed by atoms with Crippen molar-refractivity contribution in [2.75, 3.05) is 20.2 Å². The zero-order valence-corrected chi connectivity index (χ0v) is 15.0.